The second-order valence-electron chi connectivity index (χ2n) is 17.8. The van der Waals surface area contributed by atoms with E-state index in [4.69, 9.17) is 14.2 Å². The zero-order valence-corrected chi connectivity index (χ0v) is 34.1. The number of carbonyl (C=O) groups is 5. The minimum atomic E-state index is -0.885. The fourth-order valence-electron chi connectivity index (χ4n) is 8.02. The Hall–Kier alpha value is -3.43. The molecule has 3 aliphatic rings. The summed E-state index contributed by atoms with van der Waals surface area (Å²) in [5.41, 5.74) is -0.128. The Labute approximate surface area is 324 Å². The first-order chi connectivity index (χ1) is 25.5. The van der Waals surface area contributed by atoms with Gasteiger partial charge in [-0.2, -0.15) is 0 Å². The molecule has 1 heterocycles. The molecule has 0 aromatic heterocycles. The second kappa shape index (κ2) is 22.2. The Morgan fingerprint density at radius 2 is 1.20 bits per heavy atom. The van der Waals surface area contributed by atoms with Crippen molar-refractivity contribution in [3.05, 3.63) is 35.9 Å². The summed E-state index contributed by atoms with van der Waals surface area (Å²) in [6, 6.07) is 9.42. The molecule has 1 N–H and O–H groups in total. The molecular formula is C44H69NO9. The van der Waals surface area contributed by atoms with Gasteiger partial charge in [0.25, 0.3) is 0 Å². The van der Waals surface area contributed by atoms with Gasteiger partial charge in [-0.3, -0.25) is 19.2 Å². The van der Waals surface area contributed by atoms with Crippen molar-refractivity contribution >= 4 is 29.9 Å². The lowest BCUT2D eigenvalue weighted by atomic mass is 9.84. The molecule has 1 aromatic rings. The van der Waals surface area contributed by atoms with E-state index < -0.39 is 47.0 Å². The number of ether oxygens (including phenoxy) is 3. The van der Waals surface area contributed by atoms with Crippen molar-refractivity contribution in [1.82, 2.24) is 4.90 Å². The number of amides is 2. The molecule has 0 bridgehead atoms. The monoisotopic (exact) mass is 755 g/mol. The summed E-state index contributed by atoms with van der Waals surface area (Å²) in [6.07, 6.45) is 17.9. The highest BCUT2D eigenvalue weighted by Crippen LogP contribution is 2.31. The van der Waals surface area contributed by atoms with E-state index in [9.17, 15) is 29.1 Å². The molecule has 2 amide bonds. The summed E-state index contributed by atoms with van der Waals surface area (Å²) in [5.74, 6) is -1.72. The zero-order valence-electron chi connectivity index (χ0n) is 34.1. The van der Waals surface area contributed by atoms with E-state index in [1.165, 1.54) is 69.1 Å². The maximum atomic E-state index is 13.6. The summed E-state index contributed by atoms with van der Waals surface area (Å²) in [4.78, 5) is 63.0. The number of rotatable bonds is 16. The molecule has 3 fully saturated rings. The molecule has 3 atom stereocenters. The Bertz CT molecular complexity index is 1320. The number of hydrogen-bond acceptors (Lipinski definition) is 8. The molecule has 2 saturated carbocycles. The van der Waals surface area contributed by atoms with Crippen molar-refractivity contribution < 1.29 is 43.3 Å². The molecular weight excluding hydrogens is 686 g/mol. The van der Waals surface area contributed by atoms with Crippen molar-refractivity contribution in [2.24, 2.45) is 23.7 Å². The summed E-state index contributed by atoms with van der Waals surface area (Å²) in [6.45, 7) is 11.0. The number of imide groups is 1. The van der Waals surface area contributed by atoms with E-state index in [1.54, 1.807) is 20.8 Å². The Morgan fingerprint density at radius 1 is 0.741 bits per heavy atom. The Kier molecular flexibility index (Phi) is 18.5. The SMILES string of the molecule is CC(C)(C)OC(=O)C[C@@H](CCCC1CCCCC1)C(=O)N1C(=O)OC[C@@H]1Cc1ccccc1.CC(C)(C)OC(=O)C[C@@H](CCCC1CCCCC1)C(=O)O. The molecule has 1 aromatic carbocycles. The summed E-state index contributed by atoms with van der Waals surface area (Å²) in [5, 5.41) is 9.25. The molecule has 10 nitrogen and oxygen atoms in total. The quantitative estimate of drug-likeness (QED) is 0.129. The standard InChI is InChI=1S/C27H39NO5.C17H30O4/c1-27(2,3)33-24(29)18-22(16-10-15-20-11-6-4-7-12-20)25(30)28-23(19-32-26(28)31)17-21-13-8-5-9-14-21;1-17(2,3)21-15(18)12-14(16(19)20)11-7-10-13-8-5-4-6-9-13/h5,8-9,13-14,20,22-23H,4,6-7,10-12,15-19H2,1-3H3;13-14H,4-12H2,1-3H3,(H,19,20)/t22-,23+;14-/m11/s1. The highest BCUT2D eigenvalue weighted by Gasteiger charge is 2.41. The predicted octanol–water partition coefficient (Wildman–Crippen LogP) is 9.84. The van der Waals surface area contributed by atoms with Crippen LogP contribution < -0.4 is 0 Å². The van der Waals surface area contributed by atoms with Crippen molar-refractivity contribution in [1.29, 1.82) is 0 Å². The molecule has 1 aliphatic heterocycles. The van der Waals surface area contributed by atoms with Crippen molar-refractivity contribution in [2.75, 3.05) is 6.61 Å². The van der Waals surface area contributed by atoms with Crippen LogP contribution in [0.3, 0.4) is 0 Å². The lowest BCUT2D eigenvalue weighted by Gasteiger charge is -2.27. The minimum absolute atomic E-state index is 0.0113. The third-order valence-corrected chi connectivity index (χ3v) is 10.7. The number of aliphatic carboxylic acids is 1. The van der Waals surface area contributed by atoms with E-state index >= 15 is 0 Å². The number of esters is 2. The van der Waals surface area contributed by atoms with Gasteiger partial charge >= 0.3 is 24.0 Å². The third kappa shape index (κ3) is 17.4. The third-order valence-electron chi connectivity index (χ3n) is 10.7. The fraction of sp³-hybridized carbons (Fsp3) is 0.750. The lowest BCUT2D eigenvalue weighted by Crippen LogP contribution is -2.44. The summed E-state index contributed by atoms with van der Waals surface area (Å²) < 4.78 is 16.0. The normalized spacial score (nSPS) is 19.6. The average molecular weight is 756 g/mol. The van der Waals surface area contributed by atoms with Gasteiger partial charge in [0.2, 0.25) is 5.91 Å². The van der Waals surface area contributed by atoms with Gasteiger partial charge in [-0.05, 0) is 78.2 Å². The Morgan fingerprint density at radius 3 is 1.67 bits per heavy atom. The van der Waals surface area contributed by atoms with E-state index in [1.807, 2.05) is 51.1 Å². The van der Waals surface area contributed by atoms with Gasteiger partial charge in [0.05, 0.1) is 24.8 Å². The molecule has 1 saturated heterocycles. The van der Waals surface area contributed by atoms with Gasteiger partial charge in [0.15, 0.2) is 0 Å². The van der Waals surface area contributed by atoms with E-state index in [0.717, 1.165) is 37.2 Å². The molecule has 10 heteroatoms. The molecule has 0 radical (unpaired) electrons. The molecule has 2 aliphatic carbocycles. The van der Waals surface area contributed by atoms with Crippen molar-refractivity contribution in [3.63, 3.8) is 0 Å². The van der Waals surface area contributed by atoms with E-state index in [-0.39, 0.29) is 31.4 Å². The number of cyclic esters (lactones) is 1. The number of carboxylic acid groups (broad SMARTS) is 1. The van der Waals surface area contributed by atoms with Gasteiger partial charge in [-0.25, -0.2) is 9.69 Å². The van der Waals surface area contributed by atoms with Crippen LogP contribution in [0, 0.1) is 23.7 Å². The Balaban J connectivity index is 0.000000322. The van der Waals surface area contributed by atoms with E-state index in [0.29, 0.717) is 25.2 Å². The van der Waals surface area contributed by atoms with Crippen LogP contribution in [0.25, 0.3) is 0 Å². The number of hydrogen-bond donors (Lipinski definition) is 1. The van der Waals surface area contributed by atoms with Crippen molar-refractivity contribution in [3.8, 4) is 0 Å². The maximum Gasteiger partial charge on any atom is 0.416 e. The lowest BCUT2D eigenvalue weighted by molar-refractivity contribution is -0.160. The number of carbonyl (C=O) groups excluding carboxylic acids is 4. The topological polar surface area (TPSA) is 137 Å². The van der Waals surface area contributed by atoms with Gasteiger partial charge in [0, 0.05) is 5.92 Å². The molecule has 0 spiro atoms. The molecule has 54 heavy (non-hydrogen) atoms. The summed E-state index contributed by atoms with van der Waals surface area (Å²) in [7, 11) is 0. The first-order valence-corrected chi connectivity index (χ1v) is 20.7. The average Bonchev–Trinajstić information content (AvgIpc) is 3.46. The number of carboxylic acids is 1. The molecule has 0 unspecified atom stereocenters. The van der Waals surface area contributed by atoms with Crippen LogP contribution in [0.15, 0.2) is 30.3 Å². The first kappa shape index (κ1) is 45.0. The highest BCUT2D eigenvalue weighted by atomic mass is 16.6. The van der Waals surface area contributed by atoms with Gasteiger partial charge in [-0.1, -0.05) is 120 Å². The zero-order chi connectivity index (χ0) is 39.7. The highest BCUT2D eigenvalue weighted by molar-refractivity contribution is 5.96. The van der Waals surface area contributed by atoms with Gasteiger partial charge < -0.3 is 19.3 Å². The van der Waals surface area contributed by atoms with Crippen LogP contribution in [-0.4, -0.2) is 63.8 Å². The van der Waals surface area contributed by atoms with Crippen LogP contribution in [-0.2, 0) is 39.8 Å². The molecule has 4 rings (SSSR count). The second-order valence-corrected chi connectivity index (χ2v) is 17.8. The van der Waals surface area contributed by atoms with Gasteiger partial charge in [-0.15, -0.1) is 0 Å². The minimum Gasteiger partial charge on any atom is -0.481 e. The van der Waals surface area contributed by atoms with E-state index in [2.05, 4.69) is 0 Å². The van der Waals surface area contributed by atoms with Crippen molar-refractivity contribution in [2.45, 2.75) is 181 Å². The largest absolute Gasteiger partial charge is 0.481 e. The van der Waals surface area contributed by atoms with Crippen LogP contribution in [0.1, 0.15) is 163 Å². The molecule has 304 valence electrons. The predicted molar refractivity (Wildman–Crippen MR) is 209 cm³/mol. The maximum absolute atomic E-state index is 13.6. The van der Waals surface area contributed by atoms with Crippen LogP contribution in [0.5, 0.6) is 0 Å². The van der Waals surface area contributed by atoms with Gasteiger partial charge in [0.1, 0.15) is 17.8 Å². The van der Waals surface area contributed by atoms with Crippen LogP contribution >= 0.6 is 0 Å². The summed E-state index contributed by atoms with van der Waals surface area (Å²) >= 11 is 0. The smallest absolute Gasteiger partial charge is 0.416 e. The fourth-order valence-corrected chi connectivity index (χ4v) is 8.02. The number of nitrogens with zero attached hydrogens (tertiary/aromatic N) is 1. The first-order valence-electron chi connectivity index (χ1n) is 20.7. The number of benzene rings is 1. The van der Waals surface area contributed by atoms with Crippen LogP contribution in [0.4, 0.5) is 4.79 Å². The van der Waals surface area contributed by atoms with Crippen LogP contribution in [0.2, 0.25) is 0 Å².